The molecule has 0 aromatic heterocycles. The molecule has 2 aliphatic heterocycles. The van der Waals surface area contributed by atoms with Gasteiger partial charge in [0.25, 0.3) is 0 Å². The molecule has 1 amide bonds. The van der Waals surface area contributed by atoms with Crippen LogP contribution in [0.2, 0.25) is 0 Å². The number of likely N-dealkylation sites (N-methyl/N-ethyl adjacent to an activating group) is 1. The van der Waals surface area contributed by atoms with Gasteiger partial charge in [0.15, 0.2) is 0 Å². The van der Waals surface area contributed by atoms with E-state index in [1.807, 2.05) is 27.8 Å². The maximum atomic E-state index is 12.0. The van der Waals surface area contributed by atoms with Crippen LogP contribution in [0, 0.1) is 0 Å². The summed E-state index contributed by atoms with van der Waals surface area (Å²) in [4.78, 5) is 16.1. The zero-order valence-corrected chi connectivity index (χ0v) is 11.8. The second-order valence-corrected chi connectivity index (χ2v) is 6.22. The normalized spacial score (nSPS) is 25.9. The maximum Gasteiger partial charge on any atom is 0.410 e. The van der Waals surface area contributed by atoms with Gasteiger partial charge in [-0.05, 0) is 27.2 Å². The Bertz CT molecular complexity index is 310. The van der Waals surface area contributed by atoms with Gasteiger partial charge in [-0.3, -0.25) is 4.90 Å². The van der Waals surface area contributed by atoms with E-state index in [1.165, 1.54) is 0 Å². The Morgan fingerprint density at radius 2 is 2.06 bits per heavy atom. The van der Waals surface area contributed by atoms with Crippen molar-refractivity contribution in [1.29, 1.82) is 0 Å². The number of rotatable bonds is 2. The van der Waals surface area contributed by atoms with Crippen molar-refractivity contribution in [2.24, 2.45) is 0 Å². The SMILES string of the molecule is CN(C(=O)OC(C)(C)C)[C@H]1CCN(C2COC2)C1. The number of hydrogen-bond donors (Lipinski definition) is 0. The first-order chi connectivity index (χ1) is 8.37. The minimum atomic E-state index is -0.425. The van der Waals surface area contributed by atoms with Crippen molar-refractivity contribution in [2.45, 2.75) is 44.9 Å². The monoisotopic (exact) mass is 256 g/mol. The number of ether oxygens (including phenoxy) is 2. The van der Waals surface area contributed by atoms with E-state index in [9.17, 15) is 4.79 Å². The first-order valence-corrected chi connectivity index (χ1v) is 6.64. The number of nitrogens with zero attached hydrogens (tertiary/aromatic N) is 2. The van der Waals surface area contributed by atoms with E-state index in [-0.39, 0.29) is 12.1 Å². The highest BCUT2D eigenvalue weighted by Gasteiger charge is 2.36. The van der Waals surface area contributed by atoms with Gasteiger partial charge in [0.1, 0.15) is 5.60 Å². The predicted molar refractivity (Wildman–Crippen MR) is 68.6 cm³/mol. The van der Waals surface area contributed by atoms with E-state index in [4.69, 9.17) is 9.47 Å². The Balaban J connectivity index is 1.82. The highest BCUT2D eigenvalue weighted by atomic mass is 16.6. The Labute approximate surface area is 109 Å². The molecule has 0 N–H and O–H groups in total. The lowest BCUT2D eigenvalue weighted by Crippen LogP contribution is -2.49. The Hall–Kier alpha value is -0.810. The molecule has 0 radical (unpaired) electrons. The summed E-state index contributed by atoms with van der Waals surface area (Å²) in [6, 6.07) is 0.822. The van der Waals surface area contributed by atoms with Gasteiger partial charge in [0.05, 0.1) is 19.3 Å². The molecule has 104 valence electrons. The Morgan fingerprint density at radius 1 is 1.39 bits per heavy atom. The van der Waals surface area contributed by atoms with Gasteiger partial charge in [0.2, 0.25) is 0 Å². The smallest absolute Gasteiger partial charge is 0.410 e. The fourth-order valence-electron chi connectivity index (χ4n) is 2.33. The van der Waals surface area contributed by atoms with E-state index >= 15 is 0 Å². The van der Waals surface area contributed by atoms with Crippen LogP contribution in [0.5, 0.6) is 0 Å². The zero-order chi connectivity index (χ0) is 13.3. The topological polar surface area (TPSA) is 42.0 Å². The molecule has 0 spiro atoms. The standard InChI is InChI=1S/C13H24N2O3/c1-13(2,3)18-12(16)14(4)10-5-6-15(7-10)11-8-17-9-11/h10-11H,5-9H2,1-4H3/t10-/m0/s1. The van der Waals surface area contributed by atoms with Crippen molar-refractivity contribution in [3.8, 4) is 0 Å². The highest BCUT2D eigenvalue weighted by Crippen LogP contribution is 2.22. The van der Waals surface area contributed by atoms with Crippen molar-refractivity contribution >= 4 is 6.09 Å². The van der Waals surface area contributed by atoms with Crippen LogP contribution in [0.4, 0.5) is 4.79 Å². The van der Waals surface area contributed by atoms with E-state index < -0.39 is 5.60 Å². The minimum absolute atomic E-state index is 0.223. The largest absolute Gasteiger partial charge is 0.444 e. The molecular weight excluding hydrogens is 232 g/mol. The number of carbonyl (C=O) groups excluding carboxylic acids is 1. The van der Waals surface area contributed by atoms with Gasteiger partial charge in [-0.1, -0.05) is 0 Å². The fourth-order valence-corrected chi connectivity index (χ4v) is 2.33. The third-order valence-corrected chi connectivity index (χ3v) is 3.56. The van der Waals surface area contributed by atoms with Crippen molar-refractivity contribution in [1.82, 2.24) is 9.80 Å². The van der Waals surface area contributed by atoms with Gasteiger partial charge in [-0.15, -0.1) is 0 Å². The van der Waals surface area contributed by atoms with Gasteiger partial charge in [-0.2, -0.15) is 0 Å². The summed E-state index contributed by atoms with van der Waals surface area (Å²) in [6.07, 6.45) is 0.797. The van der Waals surface area contributed by atoms with Gasteiger partial charge < -0.3 is 14.4 Å². The van der Waals surface area contributed by atoms with Crippen LogP contribution in [-0.4, -0.2) is 66.9 Å². The van der Waals surface area contributed by atoms with Crippen LogP contribution in [0.15, 0.2) is 0 Å². The van der Waals surface area contributed by atoms with Crippen LogP contribution >= 0.6 is 0 Å². The summed E-state index contributed by atoms with van der Waals surface area (Å²) >= 11 is 0. The molecule has 2 saturated heterocycles. The molecule has 2 heterocycles. The molecule has 18 heavy (non-hydrogen) atoms. The van der Waals surface area contributed by atoms with E-state index in [0.717, 1.165) is 32.7 Å². The number of hydrogen-bond acceptors (Lipinski definition) is 4. The van der Waals surface area contributed by atoms with Crippen LogP contribution in [-0.2, 0) is 9.47 Å². The van der Waals surface area contributed by atoms with Crippen LogP contribution < -0.4 is 0 Å². The van der Waals surface area contributed by atoms with Gasteiger partial charge >= 0.3 is 6.09 Å². The number of amides is 1. The highest BCUT2D eigenvalue weighted by molar-refractivity contribution is 5.68. The molecule has 0 aliphatic carbocycles. The van der Waals surface area contributed by atoms with Crippen LogP contribution in [0.1, 0.15) is 27.2 Å². The number of carbonyl (C=O) groups is 1. The van der Waals surface area contributed by atoms with E-state index in [1.54, 1.807) is 4.90 Å². The lowest BCUT2D eigenvalue weighted by Gasteiger charge is -2.35. The molecule has 1 atom stereocenters. The molecular formula is C13H24N2O3. The molecule has 0 aromatic carbocycles. The maximum absolute atomic E-state index is 12.0. The molecule has 2 rings (SSSR count). The fraction of sp³-hybridized carbons (Fsp3) is 0.923. The molecule has 0 aromatic rings. The third-order valence-electron chi connectivity index (χ3n) is 3.56. The summed E-state index contributed by atoms with van der Waals surface area (Å²) < 4.78 is 10.6. The second-order valence-electron chi connectivity index (χ2n) is 6.22. The average Bonchev–Trinajstić information content (AvgIpc) is 2.60. The summed E-state index contributed by atoms with van der Waals surface area (Å²) in [5.41, 5.74) is -0.425. The van der Waals surface area contributed by atoms with Crippen molar-refractivity contribution < 1.29 is 14.3 Å². The third kappa shape index (κ3) is 3.14. The Kier molecular flexibility index (Phi) is 3.82. The molecule has 2 fully saturated rings. The predicted octanol–water partition coefficient (Wildman–Crippen LogP) is 1.33. The summed E-state index contributed by atoms with van der Waals surface area (Å²) in [6.45, 7) is 9.34. The minimum Gasteiger partial charge on any atom is -0.444 e. The average molecular weight is 256 g/mol. The van der Waals surface area contributed by atoms with E-state index in [2.05, 4.69) is 4.90 Å². The van der Waals surface area contributed by atoms with Gasteiger partial charge in [0, 0.05) is 26.2 Å². The molecule has 0 saturated carbocycles. The van der Waals surface area contributed by atoms with E-state index in [0.29, 0.717) is 6.04 Å². The molecule has 5 nitrogen and oxygen atoms in total. The lowest BCUT2D eigenvalue weighted by atomic mass is 10.2. The van der Waals surface area contributed by atoms with Crippen LogP contribution in [0.25, 0.3) is 0 Å². The van der Waals surface area contributed by atoms with Gasteiger partial charge in [-0.25, -0.2) is 4.79 Å². The molecule has 2 aliphatic rings. The van der Waals surface area contributed by atoms with Crippen molar-refractivity contribution in [3.63, 3.8) is 0 Å². The Morgan fingerprint density at radius 3 is 2.56 bits per heavy atom. The van der Waals surface area contributed by atoms with Crippen molar-refractivity contribution in [2.75, 3.05) is 33.4 Å². The quantitative estimate of drug-likeness (QED) is 0.747. The first-order valence-electron chi connectivity index (χ1n) is 6.64. The molecule has 5 heteroatoms. The zero-order valence-electron chi connectivity index (χ0n) is 11.8. The summed E-state index contributed by atoms with van der Waals surface area (Å²) in [5, 5.41) is 0. The summed E-state index contributed by atoms with van der Waals surface area (Å²) in [5.74, 6) is 0. The number of likely N-dealkylation sites (tertiary alicyclic amines) is 1. The molecule has 0 unspecified atom stereocenters. The second kappa shape index (κ2) is 5.05. The lowest BCUT2D eigenvalue weighted by molar-refractivity contribution is -0.0587. The first kappa shape index (κ1) is 13.6. The van der Waals surface area contributed by atoms with Crippen LogP contribution in [0.3, 0.4) is 0 Å². The van der Waals surface area contributed by atoms with Crippen molar-refractivity contribution in [3.05, 3.63) is 0 Å². The summed E-state index contributed by atoms with van der Waals surface area (Å²) in [7, 11) is 1.83. The molecule has 0 bridgehead atoms.